The van der Waals surface area contributed by atoms with Crippen LogP contribution in [0.15, 0.2) is 71.2 Å². The summed E-state index contributed by atoms with van der Waals surface area (Å²) in [4.78, 5) is 12.9. The average Bonchev–Trinajstić information content (AvgIpc) is 2.82. The molecule has 0 spiro atoms. The number of hydrazone groups is 1. The molecule has 0 aliphatic heterocycles. The van der Waals surface area contributed by atoms with E-state index in [4.69, 9.17) is 4.74 Å². The summed E-state index contributed by atoms with van der Waals surface area (Å²) in [6, 6.07) is 13.8. The molecule has 1 saturated carbocycles. The molecular formula is C25H31N3O4S. The summed E-state index contributed by atoms with van der Waals surface area (Å²) in [6.07, 6.45) is 7.64. The van der Waals surface area contributed by atoms with E-state index in [-0.39, 0.29) is 17.5 Å². The Hall–Kier alpha value is -2.97. The first-order valence-electron chi connectivity index (χ1n) is 11.1. The fraction of sp³-hybridized carbons (Fsp3) is 0.360. The summed E-state index contributed by atoms with van der Waals surface area (Å²) >= 11 is 0. The van der Waals surface area contributed by atoms with E-state index in [1.54, 1.807) is 36.4 Å². The summed E-state index contributed by atoms with van der Waals surface area (Å²) in [7, 11) is -3.81. The molecule has 7 nitrogen and oxygen atoms in total. The molecule has 0 bridgehead atoms. The van der Waals surface area contributed by atoms with Gasteiger partial charge in [-0.3, -0.25) is 4.79 Å². The number of rotatable bonds is 10. The van der Waals surface area contributed by atoms with Crippen LogP contribution in [0.5, 0.6) is 5.75 Å². The minimum absolute atomic E-state index is 0.196. The van der Waals surface area contributed by atoms with Crippen molar-refractivity contribution >= 4 is 22.1 Å². The Kier molecular flexibility index (Phi) is 8.79. The van der Waals surface area contributed by atoms with Crippen LogP contribution in [0.3, 0.4) is 0 Å². The number of ether oxygens (including phenoxy) is 1. The van der Waals surface area contributed by atoms with Crippen molar-refractivity contribution < 1.29 is 17.9 Å². The number of sulfonamides is 1. The third-order valence-electron chi connectivity index (χ3n) is 5.54. The maximum Gasteiger partial charge on any atom is 0.255 e. The first-order valence-corrected chi connectivity index (χ1v) is 12.6. The topological polar surface area (TPSA) is 88.1 Å². The molecule has 1 fully saturated rings. The van der Waals surface area contributed by atoms with Gasteiger partial charge in [0.15, 0.2) is 0 Å². The largest absolute Gasteiger partial charge is 0.490 e. The van der Waals surface area contributed by atoms with Gasteiger partial charge in [-0.25, -0.2) is 13.8 Å². The molecule has 2 aromatic rings. The number of nitrogens with zero attached hydrogens (tertiary/aromatic N) is 2. The zero-order valence-electron chi connectivity index (χ0n) is 18.9. The van der Waals surface area contributed by atoms with Crippen molar-refractivity contribution in [1.29, 1.82) is 0 Å². The highest BCUT2D eigenvalue weighted by molar-refractivity contribution is 7.89. The second-order valence-corrected chi connectivity index (χ2v) is 10.0. The number of carbonyl (C=O) groups is 1. The summed E-state index contributed by atoms with van der Waals surface area (Å²) in [5.74, 6) is 0.185. The van der Waals surface area contributed by atoms with Gasteiger partial charge in [-0.1, -0.05) is 61.7 Å². The molecular weight excluding hydrogens is 438 g/mol. The SMILES string of the molecule is C=CCOc1cccc(C=NNC(=O)CN(C2CCCCC2)S(=O)(=O)c2ccc(C)cc2)c1. The number of hydrogen-bond acceptors (Lipinski definition) is 5. The zero-order chi connectivity index (χ0) is 23.7. The second kappa shape index (κ2) is 11.8. The van der Waals surface area contributed by atoms with Crippen LogP contribution in [0.2, 0.25) is 0 Å². The standard InChI is InChI=1S/C25H31N3O4S/c1-3-16-32-23-11-7-8-21(17-23)18-26-27-25(29)19-28(22-9-5-4-6-10-22)33(30,31)24-14-12-20(2)13-15-24/h3,7-8,11-15,17-18,22H,1,4-6,9-10,16,19H2,2H3,(H,27,29). The van der Waals surface area contributed by atoms with Crippen molar-refractivity contribution in [2.45, 2.75) is 50.0 Å². The van der Waals surface area contributed by atoms with Gasteiger partial charge in [0.25, 0.3) is 5.91 Å². The van der Waals surface area contributed by atoms with Crippen LogP contribution < -0.4 is 10.2 Å². The molecule has 176 valence electrons. The highest BCUT2D eigenvalue weighted by Crippen LogP contribution is 2.27. The zero-order valence-corrected chi connectivity index (χ0v) is 19.8. The van der Waals surface area contributed by atoms with Crippen molar-refractivity contribution in [3.63, 3.8) is 0 Å². The molecule has 2 aromatic carbocycles. The molecule has 3 rings (SSSR count). The van der Waals surface area contributed by atoms with Crippen LogP contribution in [0.25, 0.3) is 0 Å². The molecule has 1 N–H and O–H groups in total. The molecule has 1 amide bonds. The van der Waals surface area contributed by atoms with Crippen LogP contribution in [-0.4, -0.2) is 44.0 Å². The normalized spacial score (nSPS) is 15.0. The van der Waals surface area contributed by atoms with Crippen molar-refractivity contribution in [3.8, 4) is 5.75 Å². The van der Waals surface area contributed by atoms with E-state index in [0.717, 1.165) is 43.2 Å². The molecule has 8 heteroatoms. The first kappa shape index (κ1) is 24.7. The molecule has 0 aromatic heterocycles. The number of aryl methyl sites for hydroxylation is 1. The highest BCUT2D eigenvalue weighted by Gasteiger charge is 2.33. The molecule has 1 aliphatic carbocycles. The van der Waals surface area contributed by atoms with Crippen LogP contribution >= 0.6 is 0 Å². The fourth-order valence-corrected chi connectivity index (χ4v) is 5.46. The lowest BCUT2D eigenvalue weighted by Gasteiger charge is -2.32. The lowest BCUT2D eigenvalue weighted by Crippen LogP contribution is -2.46. The van der Waals surface area contributed by atoms with Gasteiger partial charge < -0.3 is 4.74 Å². The molecule has 33 heavy (non-hydrogen) atoms. The number of carbonyl (C=O) groups excluding carboxylic acids is 1. The minimum Gasteiger partial charge on any atom is -0.490 e. The lowest BCUT2D eigenvalue weighted by molar-refractivity contribution is -0.121. The third-order valence-corrected chi connectivity index (χ3v) is 7.45. The van der Waals surface area contributed by atoms with Gasteiger partial charge in [-0.15, -0.1) is 0 Å². The Morgan fingerprint density at radius 2 is 1.91 bits per heavy atom. The Morgan fingerprint density at radius 1 is 1.18 bits per heavy atom. The van der Waals surface area contributed by atoms with Crippen molar-refractivity contribution in [3.05, 3.63) is 72.3 Å². The molecule has 0 saturated heterocycles. The lowest BCUT2D eigenvalue weighted by atomic mass is 9.95. The summed E-state index contributed by atoms with van der Waals surface area (Å²) < 4.78 is 33.6. The monoisotopic (exact) mass is 469 g/mol. The Morgan fingerprint density at radius 3 is 2.61 bits per heavy atom. The van der Waals surface area contributed by atoms with Gasteiger partial charge in [-0.05, 0) is 49.6 Å². The number of hydrogen-bond donors (Lipinski definition) is 1. The molecule has 0 unspecified atom stereocenters. The quantitative estimate of drug-likeness (QED) is 0.323. The predicted octanol–water partition coefficient (Wildman–Crippen LogP) is 4.03. The van der Waals surface area contributed by atoms with Gasteiger partial charge >= 0.3 is 0 Å². The van der Waals surface area contributed by atoms with E-state index in [0.29, 0.717) is 12.4 Å². The number of benzene rings is 2. The van der Waals surface area contributed by atoms with Gasteiger partial charge in [0.2, 0.25) is 10.0 Å². The third kappa shape index (κ3) is 7.00. The summed E-state index contributed by atoms with van der Waals surface area (Å²) in [6.45, 7) is 5.64. The van der Waals surface area contributed by atoms with Gasteiger partial charge in [0, 0.05) is 6.04 Å². The summed E-state index contributed by atoms with van der Waals surface area (Å²) in [5, 5.41) is 4.01. The van der Waals surface area contributed by atoms with E-state index >= 15 is 0 Å². The van der Waals surface area contributed by atoms with E-state index in [2.05, 4.69) is 17.1 Å². The predicted molar refractivity (Wildman–Crippen MR) is 130 cm³/mol. The van der Waals surface area contributed by atoms with Crippen molar-refractivity contribution in [2.75, 3.05) is 13.2 Å². The van der Waals surface area contributed by atoms with E-state index < -0.39 is 15.9 Å². The van der Waals surface area contributed by atoms with E-state index in [9.17, 15) is 13.2 Å². The van der Waals surface area contributed by atoms with Crippen molar-refractivity contribution in [2.24, 2.45) is 5.10 Å². The van der Waals surface area contributed by atoms with Crippen LogP contribution in [-0.2, 0) is 14.8 Å². The number of nitrogens with one attached hydrogen (secondary N) is 1. The van der Waals surface area contributed by atoms with E-state index in [1.807, 2.05) is 25.1 Å². The van der Waals surface area contributed by atoms with E-state index in [1.165, 1.54) is 10.5 Å². The molecule has 0 atom stereocenters. The Labute approximate surface area is 196 Å². The fourth-order valence-electron chi connectivity index (χ4n) is 3.82. The maximum atomic E-state index is 13.4. The average molecular weight is 470 g/mol. The molecule has 1 aliphatic rings. The van der Waals surface area contributed by atoms with Crippen LogP contribution in [0, 0.1) is 6.92 Å². The highest BCUT2D eigenvalue weighted by atomic mass is 32.2. The van der Waals surface area contributed by atoms with Gasteiger partial charge in [0.05, 0.1) is 17.7 Å². The molecule has 0 radical (unpaired) electrons. The van der Waals surface area contributed by atoms with Gasteiger partial charge in [0.1, 0.15) is 12.4 Å². The number of amides is 1. The second-order valence-electron chi connectivity index (χ2n) is 8.12. The van der Waals surface area contributed by atoms with Gasteiger partial charge in [-0.2, -0.15) is 9.41 Å². The van der Waals surface area contributed by atoms with Crippen molar-refractivity contribution in [1.82, 2.24) is 9.73 Å². The minimum atomic E-state index is -3.81. The summed E-state index contributed by atoms with van der Waals surface area (Å²) in [5.41, 5.74) is 4.18. The smallest absolute Gasteiger partial charge is 0.255 e. The maximum absolute atomic E-state index is 13.4. The Bertz CT molecular complexity index is 1080. The van der Waals surface area contributed by atoms with Crippen LogP contribution in [0.4, 0.5) is 0 Å². The first-order chi connectivity index (χ1) is 15.9. The van der Waals surface area contributed by atoms with Crippen LogP contribution in [0.1, 0.15) is 43.2 Å². The Balaban J connectivity index is 1.70. The molecule has 0 heterocycles.